The smallest absolute Gasteiger partial charge is 0.408 e. The van der Waals surface area contributed by atoms with Crippen LogP contribution in [0.5, 0.6) is 0 Å². The lowest BCUT2D eigenvalue weighted by molar-refractivity contribution is -0.414. The number of carbonyl (C=O) groups is 7. The van der Waals surface area contributed by atoms with Gasteiger partial charge in [-0.05, 0) is 88.2 Å². The van der Waals surface area contributed by atoms with Gasteiger partial charge in [-0.1, -0.05) is 116 Å². The van der Waals surface area contributed by atoms with Crippen LogP contribution in [0.4, 0.5) is 4.79 Å². The van der Waals surface area contributed by atoms with E-state index in [-0.39, 0.29) is 67.0 Å². The number of amides is 5. The van der Waals surface area contributed by atoms with Crippen LogP contribution >= 0.6 is 0 Å². The van der Waals surface area contributed by atoms with Crippen LogP contribution < -0.4 is 34.1 Å². The van der Waals surface area contributed by atoms with E-state index in [9.17, 15) is 33.6 Å². The molecule has 5 amide bonds. The molecular weight excluding hydrogens is 892 g/mol. The quantitative estimate of drug-likeness (QED) is 0.119. The molecule has 0 spiro atoms. The molecule has 68 heavy (non-hydrogen) atoms. The minimum atomic E-state index is -0.887. The van der Waals surface area contributed by atoms with E-state index in [0.717, 1.165) is 17.5 Å². The fraction of sp³-hybridized carbons (Fsp3) is 0.627. The number of alkyl carbamates (subject to hydrolysis) is 1. The van der Waals surface area contributed by atoms with E-state index in [0.29, 0.717) is 45.2 Å². The first-order chi connectivity index (χ1) is 31.5. The zero-order valence-corrected chi connectivity index (χ0v) is 42.9. The fourth-order valence-electron chi connectivity index (χ4n) is 7.80. The molecule has 380 valence electrons. The normalized spacial score (nSPS) is 17.5. The van der Waals surface area contributed by atoms with Crippen molar-refractivity contribution in [2.24, 2.45) is 23.7 Å². The summed E-state index contributed by atoms with van der Waals surface area (Å²) in [6, 6.07) is 14.7. The number of benzene rings is 2. The molecule has 0 bridgehead atoms. The van der Waals surface area contributed by atoms with Gasteiger partial charge < -0.3 is 58.1 Å². The zero-order valence-electron chi connectivity index (χ0n) is 42.2. The Morgan fingerprint density at radius 3 is 1.37 bits per heavy atom. The summed E-state index contributed by atoms with van der Waals surface area (Å²) in [4.78, 5) is 93.6. The molecule has 2 aliphatic heterocycles. The van der Waals surface area contributed by atoms with Gasteiger partial charge in [0.15, 0.2) is 6.04 Å². The Morgan fingerprint density at radius 1 is 0.618 bits per heavy atom. The summed E-state index contributed by atoms with van der Waals surface area (Å²) in [5.41, 5.74) is 4.98. The third-order valence-electron chi connectivity index (χ3n) is 11.5. The molecule has 2 heterocycles. The highest BCUT2D eigenvalue weighted by Gasteiger charge is 2.41. The largest absolute Gasteiger partial charge is 1.00 e. The molecule has 0 aromatic heterocycles. The summed E-state index contributed by atoms with van der Waals surface area (Å²) in [6.45, 7) is 21.8. The highest BCUT2D eigenvalue weighted by atomic mass is 35.5. The molecule has 2 fully saturated rings. The summed E-state index contributed by atoms with van der Waals surface area (Å²) >= 11 is 0. The number of ether oxygens (including phenoxy) is 3. The maximum absolute atomic E-state index is 13.6. The van der Waals surface area contributed by atoms with Gasteiger partial charge >= 0.3 is 18.0 Å². The standard InChI is InChI=1S/C28H43N3O6.C23H35N3O4.ClH/c1-18(2)16-21(29-24(32)23(19(3)4)30-27(35)37-28(5,6)7)25(33)31-15-11-14-22(31)26(34)36-17-20-12-9-8-10-13-20;1-15(2)13-18(25-21(27)20(24)16(3)4)22(28)26-12-8-11-19(26)23(29)30-14-17-9-6-5-7-10-17;/h8-10,12-13,18-19,21-23H,11,14-17H2,1-7H3,(H,29,32)(H,30,35);5-7,9-10,15-16,18-20H,8,11-14,24H2,1-4H3,(H,25,27);1H/t21-,22-,23-;18-,19-,20-;/m00./s1. The van der Waals surface area contributed by atoms with Gasteiger partial charge in [0.25, 0.3) is 5.91 Å². The molecule has 0 aliphatic carbocycles. The van der Waals surface area contributed by atoms with Crippen molar-refractivity contribution in [2.75, 3.05) is 13.1 Å². The molecule has 6 atom stereocenters. The maximum Gasteiger partial charge on any atom is 0.408 e. The summed E-state index contributed by atoms with van der Waals surface area (Å²) in [7, 11) is 0. The SMILES string of the molecule is CC(C)C[C@H](NC(=O)[C@@H](NC(=O)OC(C)(C)C)C(C)C)C(=O)N1CCC[C@H]1C(=O)OCc1ccccc1.CC(C)C[C@H](NC(=O)[C@@H]([NH3+])C(C)C)C(=O)N1CCC[C@H]1C(=O)OCc1ccccc1.[Cl-]. The first kappa shape index (κ1) is 58.9. The number of nitrogens with one attached hydrogen (secondary N) is 3. The third kappa shape index (κ3) is 19.4. The van der Waals surface area contributed by atoms with Crippen LogP contribution in [0.3, 0.4) is 0 Å². The Hall–Kier alpha value is -5.22. The van der Waals surface area contributed by atoms with Crippen molar-refractivity contribution in [1.82, 2.24) is 25.8 Å². The topological polar surface area (TPSA) is 217 Å². The van der Waals surface area contributed by atoms with Gasteiger partial charge in [0.1, 0.15) is 49.0 Å². The predicted molar refractivity (Wildman–Crippen MR) is 254 cm³/mol. The van der Waals surface area contributed by atoms with Gasteiger partial charge in [0.05, 0.1) is 0 Å². The van der Waals surface area contributed by atoms with Crippen molar-refractivity contribution < 1.29 is 65.9 Å². The lowest BCUT2D eigenvalue weighted by Gasteiger charge is -2.31. The number of nitrogens with zero attached hydrogens (tertiary/aromatic N) is 2. The molecule has 0 saturated carbocycles. The fourth-order valence-corrected chi connectivity index (χ4v) is 7.80. The number of esters is 2. The first-order valence-corrected chi connectivity index (χ1v) is 23.9. The number of hydrogen-bond acceptors (Lipinski definition) is 10. The molecule has 2 aromatic rings. The maximum atomic E-state index is 13.6. The Bertz CT molecular complexity index is 1930. The van der Waals surface area contributed by atoms with Crippen LogP contribution in [0.15, 0.2) is 60.7 Å². The second-order valence-corrected chi connectivity index (χ2v) is 20.2. The molecular formula is C51H79ClN6O10. The van der Waals surface area contributed by atoms with Crippen LogP contribution in [-0.2, 0) is 56.2 Å². The van der Waals surface area contributed by atoms with E-state index in [4.69, 9.17) is 14.2 Å². The molecule has 0 unspecified atom stereocenters. The lowest BCUT2D eigenvalue weighted by atomic mass is 9.99. The molecule has 16 nitrogen and oxygen atoms in total. The Morgan fingerprint density at radius 2 is 1.01 bits per heavy atom. The van der Waals surface area contributed by atoms with Crippen molar-refractivity contribution in [3.8, 4) is 0 Å². The highest BCUT2D eigenvalue weighted by molar-refractivity contribution is 5.94. The van der Waals surface area contributed by atoms with E-state index in [1.807, 2.05) is 102 Å². The van der Waals surface area contributed by atoms with Crippen LogP contribution in [-0.4, -0.2) is 106 Å². The number of likely N-dealkylation sites (tertiary alicyclic amines) is 2. The Kier molecular flexibility index (Phi) is 24.5. The summed E-state index contributed by atoms with van der Waals surface area (Å²) in [5, 5.41) is 8.35. The number of halogens is 1. The van der Waals surface area contributed by atoms with Gasteiger partial charge in [-0.3, -0.25) is 19.2 Å². The average molecular weight is 972 g/mol. The minimum absolute atomic E-state index is 0. The average Bonchev–Trinajstić information content (AvgIpc) is 3.97. The molecule has 0 radical (unpaired) electrons. The van der Waals surface area contributed by atoms with Crippen LogP contribution in [0.2, 0.25) is 0 Å². The Labute approximate surface area is 410 Å². The van der Waals surface area contributed by atoms with Gasteiger partial charge in [-0.25, -0.2) is 14.4 Å². The summed E-state index contributed by atoms with van der Waals surface area (Å²) < 4.78 is 16.3. The summed E-state index contributed by atoms with van der Waals surface area (Å²) in [6.07, 6.45) is 2.70. The molecule has 6 N–H and O–H groups in total. The van der Waals surface area contributed by atoms with E-state index >= 15 is 0 Å². The number of carbonyl (C=O) groups excluding carboxylic acids is 7. The Balaban J connectivity index is 0.000000470. The molecule has 2 saturated heterocycles. The van der Waals surface area contributed by atoms with Crippen molar-refractivity contribution in [3.05, 3.63) is 71.8 Å². The van der Waals surface area contributed by atoms with Crippen LogP contribution in [0, 0.1) is 23.7 Å². The van der Waals surface area contributed by atoms with Crippen LogP contribution in [0.1, 0.15) is 126 Å². The van der Waals surface area contributed by atoms with E-state index in [1.165, 1.54) is 4.90 Å². The lowest BCUT2D eigenvalue weighted by Crippen LogP contribution is -3.00. The van der Waals surface area contributed by atoms with Crippen LogP contribution in [0.25, 0.3) is 0 Å². The van der Waals surface area contributed by atoms with Crippen molar-refractivity contribution in [3.63, 3.8) is 0 Å². The monoisotopic (exact) mass is 971 g/mol. The van der Waals surface area contributed by atoms with Crippen molar-refractivity contribution >= 4 is 41.7 Å². The van der Waals surface area contributed by atoms with E-state index in [1.54, 1.807) is 39.5 Å². The van der Waals surface area contributed by atoms with E-state index < -0.39 is 65.8 Å². The molecule has 17 heteroatoms. The molecule has 2 aromatic carbocycles. The van der Waals surface area contributed by atoms with Crippen molar-refractivity contribution in [1.29, 1.82) is 0 Å². The second-order valence-electron chi connectivity index (χ2n) is 20.2. The highest BCUT2D eigenvalue weighted by Crippen LogP contribution is 2.24. The number of quaternary nitrogens is 1. The van der Waals surface area contributed by atoms with Gasteiger partial charge in [-0.15, -0.1) is 0 Å². The zero-order chi connectivity index (χ0) is 50.0. The molecule has 2 aliphatic rings. The number of rotatable bonds is 19. The predicted octanol–water partition coefficient (Wildman–Crippen LogP) is 2.32. The van der Waals surface area contributed by atoms with Crippen molar-refractivity contribution in [2.45, 2.75) is 170 Å². The minimum Gasteiger partial charge on any atom is -1.00 e. The second kappa shape index (κ2) is 28.3. The number of hydrogen-bond donors (Lipinski definition) is 4. The first-order valence-electron chi connectivity index (χ1n) is 23.9. The van der Waals surface area contributed by atoms with Gasteiger partial charge in [0.2, 0.25) is 17.7 Å². The van der Waals surface area contributed by atoms with E-state index in [2.05, 4.69) is 21.7 Å². The molecule has 4 rings (SSSR count). The third-order valence-corrected chi connectivity index (χ3v) is 11.5. The summed E-state index contributed by atoms with van der Waals surface area (Å²) in [5.74, 6) is -1.92. The van der Waals surface area contributed by atoms with Gasteiger partial charge in [0, 0.05) is 19.0 Å². The van der Waals surface area contributed by atoms with Gasteiger partial charge in [-0.2, -0.15) is 0 Å².